The fourth-order valence-corrected chi connectivity index (χ4v) is 9.73. The fourth-order valence-electron chi connectivity index (χ4n) is 4.26. The van der Waals surface area contributed by atoms with Crippen LogP contribution in [-0.4, -0.2) is 9.97 Å². The molecule has 0 spiro atoms. The second-order valence-corrected chi connectivity index (χ2v) is 18.7. The molecule has 0 atom stereocenters. The number of hydrogen-bond donors (Lipinski definition) is 0. The van der Waals surface area contributed by atoms with Crippen LogP contribution in [0.1, 0.15) is 27.9 Å². The maximum atomic E-state index is 4.16. The predicted octanol–water partition coefficient (Wildman–Crippen LogP) is 17.9. The van der Waals surface area contributed by atoms with Crippen LogP contribution in [0.5, 0.6) is 0 Å². The molecule has 13 heteroatoms. The van der Waals surface area contributed by atoms with E-state index in [1.54, 1.807) is 11.3 Å². The second kappa shape index (κ2) is 26.2. The summed E-state index contributed by atoms with van der Waals surface area (Å²) in [6, 6.07) is 37.2. The predicted molar refractivity (Wildman–Crippen MR) is 262 cm³/mol. The second-order valence-electron chi connectivity index (χ2n) is 10.4. The van der Waals surface area contributed by atoms with Gasteiger partial charge in [-0.1, -0.05) is 174 Å². The van der Waals surface area contributed by atoms with Crippen molar-refractivity contribution in [3.8, 4) is 0 Å². The molecule has 3 aromatic heterocycles. The van der Waals surface area contributed by atoms with E-state index in [0.29, 0.717) is 0 Å². The summed E-state index contributed by atoms with van der Waals surface area (Å²) in [6.45, 7) is 0. The van der Waals surface area contributed by atoms with Crippen molar-refractivity contribution < 1.29 is 0 Å². The van der Waals surface area contributed by atoms with E-state index in [1.807, 2.05) is 36.5 Å². The van der Waals surface area contributed by atoms with Gasteiger partial charge in [-0.25, -0.2) is 9.97 Å². The van der Waals surface area contributed by atoms with Crippen LogP contribution in [0, 0.1) is 0 Å². The van der Waals surface area contributed by atoms with Crippen LogP contribution in [-0.2, 0) is 26.7 Å². The Hall–Kier alpha value is 0.200. The van der Waals surface area contributed by atoms with Gasteiger partial charge in [-0.05, 0) is 143 Å². The highest BCUT2D eigenvalue weighted by Gasteiger charge is 2.03. The molecule has 272 valence electrons. The minimum Gasteiger partial charge on any atom is -0.249 e. The fraction of sp³-hybridized carbons (Fsp3) is 0.128. The van der Waals surface area contributed by atoms with Gasteiger partial charge in [-0.2, -0.15) is 0 Å². The van der Waals surface area contributed by atoms with Crippen molar-refractivity contribution in [3.63, 3.8) is 0 Å². The number of aromatic nitrogens is 2. The van der Waals surface area contributed by atoms with Gasteiger partial charge < -0.3 is 0 Å². The molecule has 7 rings (SSSR count). The van der Waals surface area contributed by atoms with Gasteiger partial charge in [0, 0.05) is 41.8 Å². The van der Waals surface area contributed by atoms with Crippen LogP contribution < -0.4 is 0 Å². The number of fused-ring (bicyclic) bond motifs is 2. The van der Waals surface area contributed by atoms with Crippen molar-refractivity contribution >= 4 is 192 Å². The standard InChI is InChI=1S/2C11H8Br2.2C6H5Br2N.C5H4Br2S/c12-7-8-3-1-5-10-9(8)4-2-6-11(10)13;12-7-9-6-5-8-3-1-2-4-10(8)11(9)13;7-3-5-1-2-6(8)9-4-5;7-4-5-2-1-3-6(8)9-5;6-2-4-1-5(7)8-3-4/h2*1-6H,7H2;1-2,4H,3H2;1-3H,4H2;1,3H,2H2. The molecular weight excluding hydrogens is 1330 g/mol. The number of nitrogens with zero attached hydrogens (tertiary/aromatic N) is 2. The van der Waals surface area contributed by atoms with Crippen molar-refractivity contribution in [2.75, 3.05) is 0 Å². The van der Waals surface area contributed by atoms with E-state index in [-0.39, 0.29) is 0 Å². The van der Waals surface area contributed by atoms with E-state index in [4.69, 9.17) is 0 Å². The summed E-state index contributed by atoms with van der Waals surface area (Å²) in [5, 5.41) is 11.7. The van der Waals surface area contributed by atoms with Crippen molar-refractivity contribution in [2.45, 2.75) is 26.7 Å². The Morgan fingerprint density at radius 3 is 1.75 bits per heavy atom. The zero-order valence-corrected chi connectivity index (χ0v) is 43.8. The molecule has 0 aliphatic heterocycles. The summed E-state index contributed by atoms with van der Waals surface area (Å²) in [5.74, 6) is 0. The molecule has 0 saturated carbocycles. The Labute approximate surface area is 394 Å². The van der Waals surface area contributed by atoms with Crippen molar-refractivity contribution in [1.82, 2.24) is 9.97 Å². The molecule has 0 aliphatic rings. The maximum Gasteiger partial charge on any atom is 0.106 e. The molecule has 0 saturated heterocycles. The molecule has 2 nitrogen and oxygen atoms in total. The lowest BCUT2D eigenvalue weighted by Gasteiger charge is -2.04. The van der Waals surface area contributed by atoms with Gasteiger partial charge in [0.05, 0.1) is 9.48 Å². The number of pyridine rings is 2. The SMILES string of the molecule is BrCc1ccc(Br)nc1.BrCc1ccc2ccccc2c1Br.BrCc1cccc(Br)n1.BrCc1cccc2c(Br)cccc12.BrCc1csc(Br)c1. The topological polar surface area (TPSA) is 25.8 Å². The molecule has 0 aliphatic carbocycles. The molecule has 0 N–H and O–H groups in total. The molecule has 0 radical (unpaired) electrons. The summed E-state index contributed by atoms with van der Waals surface area (Å²) in [4.78, 5) is 8.20. The van der Waals surface area contributed by atoms with Gasteiger partial charge in [0.2, 0.25) is 0 Å². The number of benzene rings is 4. The third-order valence-corrected chi connectivity index (χ3v) is 14.0. The van der Waals surface area contributed by atoms with Gasteiger partial charge in [-0.15, -0.1) is 11.3 Å². The smallest absolute Gasteiger partial charge is 0.106 e. The molecule has 0 unspecified atom stereocenters. The average molecular weight is 1360 g/mol. The number of halogens is 10. The zero-order valence-electron chi connectivity index (χ0n) is 27.2. The Balaban J connectivity index is 0.000000178. The molecule has 0 fully saturated rings. The van der Waals surface area contributed by atoms with E-state index >= 15 is 0 Å². The van der Waals surface area contributed by atoms with Crippen molar-refractivity contribution in [1.29, 1.82) is 0 Å². The normalized spacial score (nSPS) is 10.1. The van der Waals surface area contributed by atoms with E-state index in [2.05, 4.69) is 254 Å². The summed E-state index contributed by atoms with van der Waals surface area (Å²) < 4.78 is 5.33. The average Bonchev–Trinajstić information content (AvgIpc) is 3.61. The van der Waals surface area contributed by atoms with Crippen LogP contribution in [0.2, 0.25) is 0 Å². The first kappa shape index (κ1) is 46.6. The zero-order chi connectivity index (χ0) is 37.9. The summed E-state index contributed by atoms with van der Waals surface area (Å²) >= 11 is 35.7. The molecule has 52 heavy (non-hydrogen) atoms. The molecule has 0 amide bonds. The van der Waals surface area contributed by atoms with Crippen LogP contribution in [0.25, 0.3) is 21.5 Å². The Morgan fingerprint density at radius 2 is 1.17 bits per heavy atom. The van der Waals surface area contributed by atoms with E-state index in [0.717, 1.165) is 46.0 Å². The van der Waals surface area contributed by atoms with Crippen LogP contribution in [0.4, 0.5) is 0 Å². The quantitative estimate of drug-likeness (QED) is 0.127. The molecule has 4 aromatic carbocycles. The Kier molecular flexibility index (Phi) is 23.5. The first-order valence-electron chi connectivity index (χ1n) is 15.2. The lowest BCUT2D eigenvalue weighted by Crippen LogP contribution is -1.82. The van der Waals surface area contributed by atoms with Gasteiger partial charge in [0.25, 0.3) is 0 Å². The number of hydrogen-bond acceptors (Lipinski definition) is 3. The first-order chi connectivity index (χ1) is 25.1. The number of thiophene rings is 1. The highest BCUT2D eigenvalue weighted by molar-refractivity contribution is 9.11. The summed E-state index contributed by atoms with van der Waals surface area (Å²) in [7, 11) is 0. The summed E-state index contributed by atoms with van der Waals surface area (Å²) in [6.07, 6.45) is 1.83. The number of alkyl halides is 5. The van der Waals surface area contributed by atoms with E-state index in [9.17, 15) is 0 Å². The van der Waals surface area contributed by atoms with Crippen molar-refractivity contribution in [2.24, 2.45) is 0 Å². The van der Waals surface area contributed by atoms with Gasteiger partial charge in [0.1, 0.15) is 9.21 Å². The largest absolute Gasteiger partial charge is 0.249 e. The Bertz CT molecular complexity index is 2110. The third-order valence-electron chi connectivity index (χ3n) is 6.82. The van der Waals surface area contributed by atoms with Gasteiger partial charge >= 0.3 is 0 Å². The van der Waals surface area contributed by atoms with Gasteiger partial charge in [-0.3, -0.25) is 0 Å². The lowest BCUT2D eigenvalue weighted by atomic mass is 10.1. The monoisotopic (exact) mass is 1350 g/mol. The molecule has 0 bridgehead atoms. The van der Waals surface area contributed by atoms with Crippen LogP contribution in [0.15, 0.2) is 143 Å². The van der Waals surface area contributed by atoms with E-state index in [1.165, 1.54) is 52.1 Å². The minimum absolute atomic E-state index is 0.812. The molecular formula is C39H30Br10N2S. The molecule has 3 heterocycles. The minimum atomic E-state index is 0.812. The summed E-state index contributed by atoms with van der Waals surface area (Å²) in [5.41, 5.74) is 6.20. The highest BCUT2D eigenvalue weighted by Crippen LogP contribution is 2.29. The highest BCUT2D eigenvalue weighted by atomic mass is 79.9. The van der Waals surface area contributed by atoms with E-state index < -0.39 is 0 Å². The number of rotatable bonds is 5. The first-order valence-corrected chi connectivity index (χ1v) is 25.7. The van der Waals surface area contributed by atoms with Crippen LogP contribution >= 0.6 is 171 Å². The van der Waals surface area contributed by atoms with Crippen LogP contribution in [0.3, 0.4) is 0 Å². The molecule has 7 aromatic rings. The van der Waals surface area contributed by atoms with Crippen molar-refractivity contribution in [3.05, 3.63) is 171 Å². The third kappa shape index (κ3) is 16.0. The van der Waals surface area contributed by atoms with Gasteiger partial charge in [0.15, 0.2) is 0 Å². The Morgan fingerprint density at radius 1 is 0.500 bits per heavy atom. The lowest BCUT2D eigenvalue weighted by molar-refractivity contribution is 1.15. The maximum absolute atomic E-state index is 4.16.